The van der Waals surface area contributed by atoms with E-state index in [0.717, 1.165) is 0 Å². The fourth-order valence-electron chi connectivity index (χ4n) is 2.31. The van der Waals surface area contributed by atoms with Crippen LogP contribution in [0.3, 0.4) is 0 Å². The number of anilines is 2. The Bertz CT molecular complexity index is 725. The number of amides is 2. The van der Waals surface area contributed by atoms with Gasteiger partial charge in [-0.25, -0.2) is 4.68 Å². The SMILES string of the molecule is Cc1nc2n(n1)C[C@@H](CC(=O)Nc1ccc(Cl)cc1)C(=O)N2. The molecule has 0 saturated carbocycles. The van der Waals surface area contributed by atoms with E-state index in [0.29, 0.717) is 29.0 Å². The number of nitrogens with zero attached hydrogens (tertiary/aromatic N) is 3. The van der Waals surface area contributed by atoms with Crippen molar-refractivity contribution in [3.8, 4) is 0 Å². The zero-order valence-corrected chi connectivity index (χ0v) is 12.6. The highest BCUT2D eigenvalue weighted by Gasteiger charge is 2.29. The van der Waals surface area contributed by atoms with Crippen molar-refractivity contribution >= 4 is 35.1 Å². The van der Waals surface area contributed by atoms with E-state index < -0.39 is 5.92 Å². The molecule has 1 atom stereocenters. The highest BCUT2D eigenvalue weighted by atomic mass is 35.5. The van der Waals surface area contributed by atoms with Crippen LogP contribution in [0.5, 0.6) is 0 Å². The summed E-state index contributed by atoms with van der Waals surface area (Å²) in [5, 5.41) is 10.2. The van der Waals surface area contributed by atoms with Crippen LogP contribution in [-0.4, -0.2) is 26.6 Å². The second kappa shape index (κ2) is 5.76. The van der Waals surface area contributed by atoms with Crippen LogP contribution < -0.4 is 10.6 Å². The number of hydrogen-bond donors (Lipinski definition) is 2. The van der Waals surface area contributed by atoms with Crippen molar-refractivity contribution in [2.75, 3.05) is 10.6 Å². The molecule has 0 fully saturated rings. The summed E-state index contributed by atoms with van der Waals surface area (Å²) in [6.45, 7) is 2.09. The van der Waals surface area contributed by atoms with Gasteiger partial charge in [0.15, 0.2) is 0 Å². The van der Waals surface area contributed by atoms with Crippen LogP contribution in [0, 0.1) is 12.8 Å². The molecule has 3 rings (SSSR count). The number of carbonyl (C=O) groups excluding carboxylic acids is 2. The van der Waals surface area contributed by atoms with E-state index in [1.807, 2.05) is 0 Å². The number of nitrogens with one attached hydrogen (secondary N) is 2. The number of halogens is 1. The molecule has 0 unspecified atom stereocenters. The van der Waals surface area contributed by atoms with Crippen molar-refractivity contribution in [2.45, 2.75) is 19.9 Å². The van der Waals surface area contributed by atoms with Crippen LogP contribution in [0.2, 0.25) is 5.02 Å². The Balaban J connectivity index is 1.64. The Morgan fingerprint density at radius 3 is 2.91 bits per heavy atom. The van der Waals surface area contributed by atoms with Gasteiger partial charge < -0.3 is 5.32 Å². The summed E-state index contributed by atoms with van der Waals surface area (Å²) in [7, 11) is 0. The number of carbonyl (C=O) groups is 2. The number of hydrogen-bond acceptors (Lipinski definition) is 4. The quantitative estimate of drug-likeness (QED) is 0.903. The Labute approximate surface area is 131 Å². The largest absolute Gasteiger partial charge is 0.326 e. The predicted molar refractivity (Wildman–Crippen MR) is 81.6 cm³/mol. The van der Waals surface area contributed by atoms with Crippen LogP contribution >= 0.6 is 11.6 Å². The maximum absolute atomic E-state index is 12.1. The Hall–Kier alpha value is -2.41. The maximum atomic E-state index is 12.1. The molecular formula is C14H14ClN5O2. The monoisotopic (exact) mass is 319 g/mol. The molecule has 0 bridgehead atoms. The normalized spacial score (nSPS) is 16.8. The van der Waals surface area contributed by atoms with Crippen molar-refractivity contribution < 1.29 is 9.59 Å². The van der Waals surface area contributed by atoms with Crippen LogP contribution in [0.4, 0.5) is 11.6 Å². The predicted octanol–water partition coefficient (Wildman–Crippen LogP) is 1.84. The summed E-state index contributed by atoms with van der Waals surface area (Å²) in [5.41, 5.74) is 0.642. The molecule has 1 aromatic heterocycles. The van der Waals surface area contributed by atoms with Gasteiger partial charge in [-0.2, -0.15) is 10.1 Å². The fraction of sp³-hybridized carbons (Fsp3) is 0.286. The summed E-state index contributed by atoms with van der Waals surface area (Å²) in [4.78, 5) is 28.2. The van der Waals surface area contributed by atoms with Crippen LogP contribution in [0.25, 0.3) is 0 Å². The molecule has 8 heteroatoms. The molecule has 0 radical (unpaired) electrons. The van der Waals surface area contributed by atoms with Gasteiger partial charge in [0.25, 0.3) is 0 Å². The lowest BCUT2D eigenvalue weighted by Gasteiger charge is -2.21. The van der Waals surface area contributed by atoms with Crippen molar-refractivity contribution in [1.82, 2.24) is 14.8 Å². The summed E-state index contributed by atoms with van der Waals surface area (Å²) in [6, 6.07) is 6.80. The lowest BCUT2D eigenvalue weighted by Crippen LogP contribution is -2.36. The highest BCUT2D eigenvalue weighted by Crippen LogP contribution is 2.20. The first-order valence-corrected chi connectivity index (χ1v) is 7.17. The number of aromatic nitrogens is 3. The lowest BCUT2D eigenvalue weighted by atomic mass is 10.0. The molecule has 1 aromatic carbocycles. The summed E-state index contributed by atoms with van der Waals surface area (Å²) < 4.78 is 1.61. The van der Waals surface area contributed by atoms with Gasteiger partial charge in [-0.3, -0.25) is 14.9 Å². The molecular weight excluding hydrogens is 306 g/mol. The minimum Gasteiger partial charge on any atom is -0.326 e. The van der Waals surface area contributed by atoms with Gasteiger partial charge in [-0.05, 0) is 31.2 Å². The summed E-state index contributed by atoms with van der Waals surface area (Å²) >= 11 is 5.79. The topological polar surface area (TPSA) is 88.9 Å². The molecule has 2 N–H and O–H groups in total. The van der Waals surface area contributed by atoms with E-state index in [4.69, 9.17) is 11.6 Å². The Morgan fingerprint density at radius 1 is 1.45 bits per heavy atom. The summed E-state index contributed by atoms with van der Waals surface area (Å²) in [6.07, 6.45) is 0.0762. The molecule has 0 spiro atoms. The highest BCUT2D eigenvalue weighted by molar-refractivity contribution is 6.30. The molecule has 22 heavy (non-hydrogen) atoms. The first-order valence-electron chi connectivity index (χ1n) is 6.79. The third kappa shape index (κ3) is 3.09. The molecule has 114 valence electrons. The third-order valence-corrected chi connectivity index (χ3v) is 3.59. The zero-order valence-electron chi connectivity index (χ0n) is 11.8. The van der Waals surface area contributed by atoms with Gasteiger partial charge in [0.1, 0.15) is 5.82 Å². The van der Waals surface area contributed by atoms with E-state index in [1.165, 1.54) is 0 Å². The van der Waals surface area contributed by atoms with Gasteiger partial charge in [0.2, 0.25) is 17.8 Å². The van der Waals surface area contributed by atoms with E-state index >= 15 is 0 Å². The van der Waals surface area contributed by atoms with Gasteiger partial charge in [0, 0.05) is 17.1 Å². The molecule has 7 nitrogen and oxygen atoms in total. The second-order valence-electron chi connectivity index (χ2n) is 5.11. The number of fused-ring (bicyclic) bond motifs is 1. The molecule has 0 saturated heterocycles. The maximum Gasteiger partial charge on any atom is 0.232 e. The first kappa shape index (κ1) is 14.5. The molecule has 2 aromatic rings. The first-order chi connectivity index (χ1) is 10.5. The molecule has 2 amide bonds. The second-order valence-corrected chi connectivity index (χ2v) is 5.55. The van der Waals surface area contributed by atoms with Gasteiger partial charge in [-0.15, -0.1) is 0 Å². The smallest absolute Gasteiger partial charge is 0.232 e. The van der Waals surface area contributed by atoms with E-state index in [9.17, 15) is 9.59 Å². The Morgan fingerprint density at radius 2 is 2.18 bits per heavy atom. The van der Waals surface area contributed by atoms with Crippen LogP contribution in [0.1, 0.15) is 12.2 Å². The third-order valence-electron chi connectivity index (χ3n) is 3.34. The minimum absolute atomic E-state index is 0.0762. The number of aryl methyl sites for hydroxylation is 1. The average molecular weight is 320 g/mol. The standard InChI is InChI=1S/C14H14ClN5O2/c1-8-16-14-18-13(22)9(7-20(14)19-8)6-12(21)17-11-4-2-10(15)3-5-11/h2-5,9H,6-7H2,1H3,(H,17,21)(H,16,18,19,22)/t9-/m1/s1. The molecule has 0 aliphatic carbocycles. The molecule has 1 aliphatic heterocycles. The van der Waals surface area contributed by atoms with Crippen molar-refractivity contribution in [3.05, 3.63) is 35.1 Å². The molecule has 1 aliphatic rings. The molecule has 2 heterocycles. The van der Waals surface area contributed by atoms with E-state index in [1.54, 1.807) is 35.9 Å². The lowest BCUT2D eigenvalue weighted by molar-refractivity contribution is -0.125. The minimum atomic E-state index is -0.471. The van der Waals surface area contributed by atoms with Crippen molar-refractivity contribution in [2.24, 2.45) is 5.92 Å². The van der Waals surface area contributed by atoms with Gasteiger partial charge in [0.05, 0.1) is 12.5 Å². The fourth-order valence-corrected chi connectivity index (χ4v) is 2.43. The van der Waals surface area contributed by atoms with E-state index in [2.05, 4.69) is 20.7 Å². The number of rotatable bonds is 3. The Kier molecular flexibility index (Phi) is 3.81. The number of benzene rings is 1. The van der Waals surface area contributed by atoms with Crippen LogP contribution in [-0.2, 0) is 16.1 Å². The van der Waals surface area contributed by atoms with Crippen molar-refractivity contribution in [1.29, 1.82) is 0 Å². The van der Waals surface area contributed by atoms with Gasteiger partial charge in [-0.1, -0.05) is 11.6 Å². The van der Waals surface area contributed by atoms with Gasteiger partial charge >= 0.3 is 0 Å². The van der Waals surface area contributed by atoms with E-state index in [-0.39, 0.29) is 18.2 Å². The van der Waals surface area contributed by atoms with Crippen LogP contribution in [0.15, 0.2) is 24.3 Å². The zero-order chi connectivity index (χ0) is 15.7. The summed E-state index contributed by atoms with van der Waals surface area (Å²) in [5.74, 6) is 0.0910. The van der Waals surface area contributed by atoms with Crippen molar-refractivity contribution in [3.63, 3.8) is 0 Å². The average Bonchev–Trinajstić information content (AvgIpc) is 2.81.